The first-order chi connectivity index (χ1) is 25.1. The van der Waals surface area contributed by atoms with Crippen molar-refractivity contribution in [2.45, 2.75) is 177 Å². The highest BCUT2D eigenvalue weighted by Gasteiger charge is 2.50. The van der Waals surface area contributed by atoms with Crippen LogP contribution in [0.5, 0.6) is 0 Å². The van der Waals surface area contributed by atoms with Crippen molar-refractivity contribution in [2.75, 3.05) is 19.8 Å². The number of allylic oxidation sites excluding steroid dienone is 6. The van der Waals surface area contributed by atoms with Crippen LogP contribution in [0.25, 0.3) is 0 Å². The molecule has 12 unspecified atom stereocenters. The molecule has 0 aliphatic carbocycles. The van der Waals surface area contributed by atoms with Gasteiger partial charge in [0.05, 0.1) is 32.0 Å². The molecule has 0 radical (unpaired) electrons. The predicted octanol–water partition coefficient (Wildman–Crippen LogP) is 1.64. The monoisotopic (exact) mass is 745 g/mol. The lowest BCUT2D eigenvalue weighted by Gasteiger charge is -2.46. The molecule has 2 aliphatic rings. The van der Waals surface area contributed by atoms with Crippen molar-refractivity contribution in [3.05, 3.63) is 36.5 Å². The van der Waals surface area contributed by atoms with Crippen LogP contribution in [0.4, 0.5) is 0 Å². The third kappa shape index (κ3) is 16.3. The molecule has 1 amide bonds. The van der Waals surface area contributed by atoms with Crippen molar-refractivity contribution < 1.29 is 64.6 Å². The number of carbonyl (C=O) groups is 1. The highest BCUT2D eigenvalue weighted by atomic mass is 16.7. The number of rotatable bonds is 26. The Balaban J connectivity index is 1.83. The lowest BCUT2D eigenvalue weighted by molar-refractivity contribution is -0.359. The average molecular weight is 746 g/mol. The first-order valence-electron chi connectivity index (χ1n) is 19.2. The number of hydrogen-bond donors (Lipinski definition) is 9. The summed E-state index contributed by atoms with van der Waals surface area (Å²) in [7, 11) is 0. The van der Waals surface area contributed by atoms with Crippen molar-refractivity contribution in [2.24, 2.45) is 0 Å². The minimum absolute atomic E-state index is 0.240. The fourth-order valence-electron chi connectivity index (χ4n) is 6.13. The number of nitrogens with one attached hydrogen (secondary N) is 1. The van der Waals surface area contributed by atoms with Gasteiger partial charge >= 0.3 is 0 Å². The number of hydrogen-bond acceptors (Lipinski definition) is 13. The molecule has 12 atom stereocenters. The lowest BCUT2D eigenvalue weighted by Crippen LogP contribution is -2.65. The van der Waals surface area contributed by atoms with Crippen LogP contribution in [0.15, 0.2) is 36.5 Å². The van der Waals surface area contributed by atoms with E-state index in [1.54, 1.807) is 0 Å². The molecule has 2 rings (SSSR count). The Bertz CT molecular complexity index is 1020. The van der Waals surface area contributed by atoms with Gasteiger partial charge in [-0.05, 0) is 44.9 Å². The third-order valence-electron chi connectivity index (χ3n) is 9.37. The molecule has 9 N–H and O–H groups in total. The quantitative estimate of drug-likeness (QED) is 0.0454. The van der Waals surface area contributed by atoms with E-state index in [9.17, 15) is 45.6 Å². The topological polar surface area (TPSA) is 228 Å². The van der Waals surface area contributed by atoms with Crippen molar-refractivity contribution in [3.63, 3.8) is 0 Å². The minimum atomic E-state index is -1.78. The number of amides is 1. The van der Waals surface area contributed by atoms with Crippen LogP contribution in [-0.2, 0) is 23.7 Å². The number of aliphatic hydroxyl groups is 8. The van der Waals surface area contributed by atoms with Crippen LogP contribution < -0.4 is 5.32 Å². The lowest BCUT2D eigenvalue weighted by atomic mass is 9.97. The maximum Gasteiger partial charge on any atom is 0.220 e. The molecule has 2 aliphatic heterocycles. The summed E-state index contributed by atoms with van der Waals surface area (Å²) in [6.45, 7) is 2.49. The minimum Gasteiger partial charge on any atom is -0.394 e. The summed E-state index contributed by atoms with van der Waals surface area (Å²) in [5.41, 5.74) is 0. The molecule has 2 saturated heterocycles. The second-order valence-electron chi connectivity index (χ2n) is 13.7. The van der Waals surface area contributed by atoms with Crippen LogP contribution in [-0.4, -0.2) is 140 Å². The molecule has 0 spiro atoms. The Labute approximate surface area is 309 Å². The van der Waals surface area contributed by atoms with Gasteiger partial charge in [0, 0.05) is 6.42 Å². The van der Waals surface area contributed by atoms with Gasteiger partial charge in [-0.15, -0.1) is 0 Å². The van der Waals surface area contributed by atoms with Gasteiger partial charge in [0.2, 0.25) is 5.91 Å². The van der Waals surface area contributed by atoms with Gasteiger partial charge in [0.25, 0.3) is 0 Å². The third-order valence-corrected chi connectivity index (χ3v) is 9.37. The molecule has 0 aromatic heterocycles. The Hall–Kier alpha value is -1.79. The summed E-state index contributed by atoms with van der Waals surface area (Å²) >= 11 is 0. The highest BCUT2D eigenvalue weighted by molar-refractivity contribution is 5.76. The predicted molar refractivity (Wildman–Crippen MR) is 194 cm³/mol. The van der Waals surface area contributed by atoms with Crippen LogP contribution in [0.1, 0.15) is 104 Å². The van der Waals surface area contributed by atoms with Crippen molar-refractivity contribution in [1.82, 2.24) is 5.32 Å². The zero-order chi connectivity index (χ0) is 38.3. The molecule has 14 nitrogen and oxygen atoms in total. The zero-order valence-electron chi connectivity index (χ0n) is 31.0. The van der Waals surface area contributed by atoms with Crippen LogP contribution >= 0.6 is 0 Å². The van der Waals surface area contributed by atoms with E-state index in [0.717, 1.165) is 70.6 Å². The Kier molecular flexibility index (Phi) is 24.0. The first-order valence-corrected chi connectivity index (χ1v) is 19.2. The molecule has 302 valence electrons. The maximum absolute atomic E-state index is 12.9. The molecule has 0 aromatic rings. The smallest absolute Gasteiger partial charge is 0.220 e. The summed E-state index contributed by atoms with van der Waals surface area (Å²) in [5.74, 6) is -0.240. The summed E-state index contributed by atoms with van der Waals surface area (Å²) in [6, 6.07) is -0.831. The summed E-state index contributed by atoms with van der Waals surface area (Å²) in [6.07, 6.45) is 8.43. The van der Waals surface area contributed by atoms with Crippen molar-refractivity contribution in [3.8, 4) is 0 Å². The first kappa shape index (κ1) is 46.4. The van der Waals surface area contributed by atoms with Crippen molar-refractivity contribution >= 4 is 5.91 Å². The van der Waals surface area contributed by atoms with E-state index in [1.165, 1.54) is 0 Å². The number of ether oxygens (including phenoxy) is 4. The number of unbranched alkanes of at least 4 members (excludes halogenated alkanes) is 7. The normalized spacial score (nSPS) is 31.1. The molecule has 2 heterocycles. The van der Waals surface area contributed by atoms with E-state index in [0.29, 0.717) is 12.8 Å². The zero-order valence-corrected chi connectivity index (χ0v) is 31.0. The summed E-state index contributed by atoms with van der Waals surface area (Å²) in [4.78, 5) is 12.9. The summed E-state index contributed by atoms with van der Waals surface area (Å²) < 4.78 is 22.4. The second kappa shape index (κ2) is 26.9. The Morgan fingerprint density at radius 3 is 2.00 bits per heavy atom. The van der Waals surface area contributed by atoms with E-state index in [1.807, 2.05) is 6.92 Å². The fourth-order valence-corrected chi connectivity index (χ4v) is 6.13. The molecule has 0 bridgehead atoms. The van der Waals surface area contributed by atoms with E-state index in [4.69, 9.17) is 18.9 Å². The maximum atomic E-state index is 12.9. The highest BCUT2D eigenvalue weighted by Crippen LogP contribution is 2.29. The fraction of sp³-hybridized carbons (Fsp3) is 0.816. The number of aliphatic hydroxyl groups excluding tert-OH is 8. The second-order valence-corrected chi connectivity index (χ2v) is 13.7. The van der Waals surface area contributed by atoms with Gasteiger partial charge < -0.3 is 65.1 Å². The van der Waals surface area contributed by atoms with Gasteiger partial charge in [-0.25, -0.2) is 0 Å². The van der Waals surface area contributed by atoms with Crippen LogP contribution in [0.3, 0.4) is 0 Å². The van der Waals surface area contributed by atoms with Gasteiger partial charge in [-0.2, -0.15) is 0 Å². The van der Waals surface area contributed by atoms with Gasteiger partial charge in [-0.3, -0.25) is 4.79 Å². The average Bonchev–Trinajstić information content (AvgIpc) is 3.14. The van der Waals surface area contributed by atoms with Crippen LogP contribution in [0.2, 0.25) is 0 Å². The molecule has 14 heteroatoms. The standard InChI is InChI=1S/C38H67NO13/c1-3-5-7-8-9-10-11-12-13-14-15-16-17-18-20-22-30(43)39-26(27(42)21-19-6-4-2)25-49-37-35(48)33(46)36(29(24-41)51-37)52-38-34(47)32(45)31(44)28(23-40)50-38/h5,7,9-10,12-13,26-29,31-38,40-42,44-48H,3-4,6,8,11,14-25H2,1-2H3,(H,39,43)/b7-5-,10-9-,13-12-. The van der Waals surface area contributed by atoms with Crippen LogP contribution in [0, 0.1) is 0 Å². The van der Waals surface area contributed by atoms with E-state index in [-0.39, 0.29) is 18.9 Å². The molecule has 0 aromatic carbocycles. The molecule has 2 fully saturated rings. The molecular weight excluding hydrogens is 678 g/mol. The summed E-state index contributed by atoms with van der Waals surface area (Å²) in [5, 5.41) is 85.5. The number of carbonyl (C=O) groups excluding carboxylic acids is 1. The van der Waals surface area contributed by atoms with Gasteiger partial charge in [0.15, 0.2) is 12.6 Å². The largest absolute Gasteiger partial charge is 0.394 e. The molecular formula is C38H67NO13. The van der Waals surface area contributed by atoms with Crippen molar-refractivity contribution in [1.29, 1.82) is 0 Å². The van der Waals surface area contributed by atoms with E-state index >= 15 is 0 Å². The van der Waals surface area contributed by atoms with E-state index in [2.05, 4.69) is 48.7 Å². The van der Waals surface area contributed by atoms with Gasteiger partial charge in [-0.1, -0.05) is 88.8 Å². The van der Waals surface area contributed by atoms with E-state index < -0.39 is 86.8 Å². The molecule has 52 heavy (non-hydrogen) atoms. The molecule has 0 saturated carbocycles. The Morgan fingerprint density at radius 1 is 0.712 bits per heavy atom. The Morgan fingerprint density at radius 2 is 1.33 bits per heavy atom. The van der Waals surface area contributed by atoms with Gasteiger partial charge in [0.1, 0.15) is 48.8 Å². The SMILES string of the molecule is CC/C=C\C/C=C\C/C=C\CCCCCCCC(=O)NC(COC1OC(CO)C(OC2OC(CO)C(O)C(O)C2O)C(O)C1O)C(O)CCCCC.